The number of aliphatic imine (C=N–C) groups is 1. The summed E-state index contributed by atoms with van der Waals surface area (Å²) >= 11 is 0. The van der Waals surface area contributed by atoms with Crippen LogP contribution in [0.4, 0.5) is 0 Å². The maximum absolute atomic E-state index is 4.94. The van der Waals surface area contributed by atoms with Crippen molar-refractivity contribution in [1.29, 1.82) is 0 Å². The van der Waals surface area contributed by atoms with Gasteiger partial charge >= 0.3 is 0 Å². The molecule has 1 fully saturated rings. The Morgan fingerprint density at radius 3 is 2.63 bits per heavy atom. The van der Waals surface area contributed by atoms with Crippen molar-refractivity contribution in [3.63, 3.8) is 0 Å². The average Bonchev–Trinajstić information content (AvgIpc) is 2.96. The third-order valence-corrected chi connectivity index (χ3v) is 5.91. The molecule has 30 heavy (non-hydrogen) atoms. The summed E-state index contributed by atoms with van der Waals surface area (Å²) < 4.78 is 2.06. The molecule has 0 saturated carbocycles. The summed E-state index contributed by atoms with van der Waals surface area (Å²) in [6.45, 7) is 11.8. The Bertz CT molecular complexity index is 775. The lowest BCUT2D eigenvalue weighted by atomic mass is 10.0. The zero-order chi connectivity index (χ0) is 21.2. The molecule has 7 nitrogen and oxygen atoms in total. The van der Waals surface area contributed by atoms with Gasteiger partial charge in [-0.2, -0.15) is 0 Å². The van der Waals surface area contributed by atoms with Crippen molar-refractivity contribution < 1.29 is 0 Å². The van der Waals surface area contributed by atoms with E-state index in [1.807, 2.05) is 24.4 Å². The molecule has 1 aliphatic rings. The van der Waals surface area contributed by atoms with Crippen LogP contribution in [0, 0.1) is 5.92 Å². The molecule has 2 N–H and O–H groups in total. The van der Waals surface area contributed by atoms with Crippen molar-refractivity contribution in [2.24, 2.45) is 10.9 Å². The van der Waals surface area contributed by atoms with E-state index in [1.54, 1.807) is 0 Å². The molecule has 0 radical (unpaired) electrons. The van der Waals surface area contributed by atoms with Crippen LogP contribution < -0.4 is 10.6 Å². The van der Waals surface area contributed by atoms with Crippen molar-refractivity contribution in [3.05, 3.63) is 30.2 Å². The second-order valence-corrected chi connectivity index (χ2v) is 8.56. The maximum Gasteiger partial charge on any atom is 0.191 e. The van der Waals surface area contributed by atoms with E-state index in [9.17, 15) is 0 Å². The zero-order valence-electron chi connectivity index (χ0n) is 19.0. The van der Waals surface area contributed by atoms with Crippen molar-refractivity contribution in [3.8, 4) is 0 Å². The number of nitrogens with one attached hydrogen (secondary N) is 2. The first kappa shape index (κ1) is 22.5. The Balaban J connectivity index is 1.51. The Labute approximate surface area is 181 Å². The van der Waals surface area contributed by atoms with Crippen LogP contribution in [0.15, 0.2) is 29.4 Å². The lowest BCUT2D eigenvalue weighted by molar-refractivity contribution is 0.166. The Morgan fingerprint density at radius 1 is 1.10 bits per heavy atom. The van der Waals surface area contributed by atoms with Gasteiger partial charge in [0.2, 0.25) is 0 Å². The molecule has 3 rings (SSSR count). The second kappa shape index (κ2) is 11.9. The van der Waals surface area contributed by atoms with E-state index in [0.29, 0.717) is 12.0 Å². The predicted molar refractivity (Wildman–Crippen MR) is 124 cm³/mol. The van der Waals surface area contributed by atoms with Crippen LogP contribution in [0.5, 0.6) is 0 Å². The number of hydrogen-bond donors (Lipinski definition) is 2. The van der Waals surface area contributed by atoms with Crippen LogP contribution in [-0.4, -0.2) is 64.2 Å². The predicted octanol–water partition coefficient (Wildman–Crippen LogP) is 3.12. The van der Waals surface area contributed by atoms with Gasteiger partial charge in [0.1, 0.15) is 5.82 Å². The monoisotopic (exact) mass is 413 g/mol. The van der Waals surface area contributed by atoms with Crippen LogP contribution >= 0.6 is 0 Å². The number of likely N-dealkylation sites (tertiary alicyclic amines) is 1. The summed E-state index contributed by atoms with van der Waals surface area (Å²) in [4.78, 5) is 7.61. The second-order valence-electron chi connectivity index (χ2n) is 8.56. The van der Waals surface area contributed by atoms with Gasteiger partial charge in [-0.15, -0.1) is 10.2 Å². The molecule has 0 amide bonds. The standard InChI is InChI=1S/C23H39N7/c1-4-24-23(26-18-20(19(2)3)29-15-8-5-6-9-16-29)25-14-11-13-22-28-27-21-12-7-10-17-30(21)22/h7,10,12,17,19-20H,4-6,8-9,11,13-16,18H2,1-3H3,(H2,24,25,26). The van der Waals surface area contributed by atoms with Gasteiger partial charge in [-0.25, -0.2) is 0 Å². The van der Waals surface area contributed by atoms with Crippen LogP contribution in [0.2, 0.25) is 0 Å². The number of nitrogens with zero attached hydrogens (tertiary/aromatic N) is 5. The summed E-state index contributed by atoms with van der Waals surface area (Å²) in [7, 11) is 0. The molecule has 1 saturated heterocycles. The first-order valence-electron chi connectivity index (χ1n) is 11.7. The minimum Gasteiger partial charge on any atom is -0.357 e. The third-order valence-electron chi connectivity index (χ3n) is 5.91. The van der Waals surface area contributed by atoms with E-state index >= 15 is 0 Å². The van der Waals surface area contributed by atoms with Gasteiger partial charge in [0.15, 0.2) is 11.6 Å². The van der Waals surface area contributed by atoms with Crippen LogP contribution in [0.3, 0.4) is 0 Å². The Kier molecular flexibility index (Phi) is 8.93. The number of pyridine rings is 1. The summed E-state index contributed by atoms with van der Waals surface area (Å²) in [6, 6.07) is 6.51. The van der Waals surface area contributed by atoms with Crippen molar-refractivity contribution in [2.45, 2.75) is 65.3 Å². The van der Waals surface area contributed by atoms with Gasteiger partial charge in [-0.1, -0.05) is 32.8 Å². The molecule has 2 aromatic rings. The van der Waals surface area contributed by atoms with Crippen LogP contribution in [-0.2, 0) is 6.42 Å². The number of guanidine groups is 1. The summed E-state index contributed by atoms with van der Waals surface area (Å²) in [6.07, 6.45) is 9.29. The molecule has 0 aromatic carbocycles. The van der Waals surface area contributed by atoms with E-state index in [0.717, 1.165) is 49.9 Å². The van der Waals surface area contributed by atoms with E-state index in [1.165, 1.54) is 38.8 Å². The normalized spacial score (nSPS) is 17.3. The number of fused-ring (bicyclic) bond motifs is 1. The highest BCUT2D eigenvalue weighted by molar-refractivity contribution is 5.79. The lowest BCUT2D eigenvalue weighted by Gasteiger charge is -2.32. The van der Waals surface area contributed by atoms with Gasteiger partial charge in [-0.05, 0) is 57.3 Å². The number of aromatic nitrogens is 3. The van der Waals surface area contributed by atoms with E-state index in [2.05, 4.69) is 50.9 Å². The highest BCUT2D eigenvalue weighted by atomic mass is 15.2. The Morgan fingerprint density at radius 2 is 1.90 bits per heavy atom. The van der Waals surface area contributed by atoms with Crippen LogP contribution in [0.25, 0.3) is 5.65 Å². The van der Waals surface area contributed by atoms with E-state index in [4.69, 9.17) is 4.99 Å². The molecule has 7 heteroatoms. The molecule has 1 atom stereocenters. The number of rotatable bonds is 9. The molecule has 0 spiro atoms. The maximum atomic E-state index is 4.94. The van der Waals surface area contributed by atoms with Crippen molar-refractivity contribution >= 4 is 11.6 Å². The molecular formula is C23H39N7. The van der Waals surface area contributed by atoms with E-state index in [-0.39, 0.29) is 0 Å². The molecule has 1 unspecified atom stereocenters. The molecule has 166 valence electrons. The first-order chi connectivity index (χ1) is 14.7. The highest BCUT2D eigenvalue weighted by Crippen LogP contribution is 2.17. The third kappa shape index (κ3) is 6.42. The van der Waals surface area contributed by atoms with E-state index < -0.39 is 0 Å². The Hall–Kier alpha value is -2.15. The first-order valence-corrected chi connectivity index (χ1v) is 11.7. The summed E-state index contributed by atoms with van der Waals surface area (Å²) in [5, 5.41) is 15.5. The van der Waals surface area contributed by atoms with Gasteiger partial charge in [0.05, 0.1) is 6.54 Å². The SMILES string of the molecule is CCNC(=NCC(C(C)C)N1CCCCCC1)NCCCc1nnc2ccccn12. The minimum absolute atomic E-state index is 0.515. The topological polar surface area (TPSA) is 69.8 Å². The smallest absolute Gasteiger partial charge is 0.191 e. The van der Waals surface area contributed by atoms with Crippen molar-refractivity contribution in [2.75, 3.05) is 32.7 Å². The van der Waals surface area contributed by atoms with Gasteiger partial charge in [-0.3, -0.25) is 14.3 Å². The number of aryl methyl sites for hydroxylation is 1. The fourth-order valence-corrected chi connectivity index (χ4v) is 4.22. The molecule has 0 aliphatic carbocycles. The van der Waals surface area contributed by atoms with Gasteiger partial charge < -0.3 is 10.6 Å². The lowest BCUT2D eigenvalue weighted by Crippen LogP contribution is -2.44. The molecule has 3 heterocycles. The molecule has 0 bridgehead atoms. The quantitative estimate of drug-likeness (QED) is 0.376. The average molecular weight is 414 g/mol. The highest BCUT2D eigenvalue weighted by Gasteiger charge is 2.22. The number of hydrogen-bond acceptors (Lipinski definition) is 4. The fraction of sp³-hybridized carbons (Fsp3) is 0.696. The summed E-state index contributed by atoms with van der Waals surface area (Å²) in [5.74, 6) is 2.54. The largest absolute Gasteiger partial charge is 0.357 e. The van der Waals surface area contributed by atoms with Crippen LogP contribution in [0.1, 0.15) is 58.7 Å². The molecule has 1 aliphatic heterocycles. The van der Waals surface area contributed by atoms with Gasteiger partial charge in [0.25, 0.3) is 0 Å². The van der Waals surface area contributed by atoms with Gasteiger partial charge in [0, 0.05) is 31.7 Å². The minimum atomic E-state index is 0.515. The molecule has 2 aromatic heterocycles. The fourth-order valence-electron chi connectivity index (χ4n) is 4.22. The van der Waals surface area contributed by atoms with Crippen molar-refractivity contribution in [1.82, 2.24) is 30.1 Å². The zero-order valence-corrected chi connectivity index (χ0v) is 19.0. The molecular weight excluding hydrogens is 374 g/mol. The summed E-state index contributed by atoms with van der Waals surface area (Å²) in [5.41, 5.74) is 0.906.